The Labute approximate surface area is 258 Å². The molecule has 3 amide bonds. The van der Waals surface area contributed by atoms with Gasteiger partial charge < -0.3 is 4.74 Å². The van der Waals surface area contributed by atoms with Crippen LogP contribution >= 0.6 is 39.1 Å². The molecule has 0 N–H and O–H groups in total. The number of carbonyl (C=O) groups is 5. The molecule has 11 heteroatoms. The fraction of sp³-hybridized carbons (Fsp3) is 0.194. The first kappa shape index (κ1) is 28.3. The number of hydrogen-bond donors (Lipinski definition) is 0. The number of carbonyl (C=O) groups excluding carboxylic acids is 5. The number of Topliss-reactive ketones (excluding diaryl/α,β-unsaturated/α-hetero) is 1. The van der Waals surface area contributed by atoms with Gasteiger partial charge in [-0.1, -0.05) is 51.3 Å². The number of fused-ring (bicyclic) bond motifs is 5. The van der Waals surface area contributed by atoms with E-state index in [1.807, 2.05) is 12.2 Å². The minimum Gasteiger partial charge on any atom is -0.423 e. The maximum atomic E-state index is 13.8. The number of amides is 3. The van der Waals surface area contributed by atoms with Crippen molar-refractivity contribution in [2.45, 2.75) is 6.42 Å². The first-order valence-corrected chi connectivity index (χ1v) is 14.6. The van der Waals surface area contributed by atoms with Gasteiger partial charge in [-0.05, 0) is 85.0 Å². The fourth-order valence-corrected chi connectivity index (χ4v) is 6.60. The van der Waals surface area contributed by atoms with E-state index in [1.54, 1.807) is 24.3 Å². The van der Waals surface area contributed by atoms with Crippen molar-refractivity contribution in [3.05, 3.63) is 110 Å². The van der Waals surface area contributed by atoms with Crippen LogP contribution < -0.4 is 4.74 Å². The summed E-state index contributed by atoms with van der Waals surface area (Å²) in [6.45, 7) is -0.602. The van der Waals surface area contributed by atoms with E-state index in [1.165, 1.54) is 42.5 Å². The second-order valence-corrected chi connectivity index (χ2v) is 12.1. The van der Waals surface area contributed by atoms with Crippen LogP contribution in [0.1, 0.15) is 37.5 Å². The lowest BCUT2D eigenvalue weighted by atomic mass is 9.85. The van der Waals surface area contributed by atoms with Crippen molar-refractivity contribution in [3.63, 3.8) is 0 Å². The number of ether oxygens (including phenoxy) is 1. The molecule has 212 valence electrons. The van der Waals surface area contributed by atoms with Crippen LogP contribution in [0.15, 0.2) is 83.4 Å². The predicted octanol–water partition coefficient (Wildman–Crippen LogP) is 6.02. The number of hydrazine groups is 1. The van der Waals surface area contributed by atoms with Gasteiger partial charge in [0.1, 0.15) is 12.3 Å². The van der Waals surface area contributed by atoms with Crippen molar-refractivity contribution in [2.75, 3.05) is 6.54 Å². The highest BCUT2D eigenvalue weighted by Gasteiger charge is 2.61. The summed E-state index contributed by atoms with van der Waals surface area (Å²) >= 11 is 15.6. The summed E-state index contributed by atoms with van der Waals surface area (Å²) in [7, 11) is 0. The van der Waals surface area contributed by atoms with Crippen LogP contribution in [0, 0.1) is 23.7 Å². The molecule has 2 bridgehead atoms. The van der Waals surface area contributed by atoms with Crippen LogP contribution in [0.2, 0.25) is 10.0 Å². The number of hydrogen-bond acceptors (Lipinski definition) is 6. The van der Waals surface area contributed by atoms with Gasteiger partial charge >= 0.3 is 5.97 Å². The summed E-state index contributed by atoms with van der Waals surface area (Å²) < 4.78 is 6.21. The van der Waals surface area contributed by atoms with Crippen LogP contribution in [0.3, 0.4) is 0 Å². The zero-order valence-corrected chi connectivity index (χ0v) is 24.8. The van der Waals surface area contributed by atoms with Crippen LogP contribution in [0.5, 0.6) is 5.75 Å². The smallest absolute Gasteiger partial charge is 0.343 e. The standard InChI is InChI=1S/C31H21BrCl2N2O6/c32-20-7-3-17(4-8-20)31(41)42-22-10-5-16(6-11-22)25(37)15-35(28(38)23-12-9-21(33)14-24(23)34)36-29(39)26-18-1-2-19(13-18)27(26)30(36)40/h1-12,14,18-19,26-27H,13,15H2/t18-,19-,26-,27+/m0/s1. The Kier molecular flexibility index (Phi) is 7.51. The summed E-state index contributed by atoms with van der Waals surface area (Å²) in [6, 6.07) is 16.7. The molecule has 0 unspecified atom stereocenters. The summed E-state index contributed by atoms with van der Waals surface area (Å²) in [5, 5.41) is 2.01. The molecule has 0 radical (unpaired) electrons. The number of ketones is 1. The first-order valence-electron chi connectivity index (χ1n) is 13.1. The molecule has 1 heterocycles. The van der Waals surface area contributed by atoms with Gasteiger partial charge in [-0.2, -0.15) is 5.01 Å². The Morgan fingerprint density at radius 3 is 2.05 bits per heavy atom. The maximum Gasteiger partial charge on any atom is 0.343 e. The maximum absolute atomic E-state index is 13.8. The normalized spacial score (nSPS) is 21.9. The van der Waals surface area contributed by atoms with Crippen molar-refractivity contribution in [1.82, 2.24) is 10.0 Å². The third kappa shape index (κ3) is 5.06. The molecular weight excluding hydrogens is 647 g/mol. The Morgan fingerprint density at radius 1 is 0.857 bits per heavy atom. The van der Waals surface area contributed by atoms with Crippen molar-refractivity contribution >= 4 is 68.6 Å². The molecule has 8 nitrogen and oxygen atoms in total. The van der Waals surface area contributed by atoms with Crippen molar-refractivity contribution in [3.8, 4) is 5.75 Å². The minimum atomic E-state index is -0.785. The molecule has 0 aromatic heterocycles. The summed E-state index contributed by atoms with van der Waals surface area (Å²) in [5.41, 5.74) is 0.518. The van der Waals surface area contributed by atoms with Crippen molar-refractivity contribution < 1.29 is 28.7 Å². The van der Waals surface area contributed by atoms with Gasteiger partial charge in [0, 0.05) is 15.1 Å². The molecule has 3 aromatic rings. The van der Waals surface area contributed by atoms with Crippen molar-refractivity contribution in [1.29, 1.82) is 0 Å². The van der Waals surface area contributed by atoms with E-state index in [0.717, 1.165) is 20.9 Å². The lowest BCUT2D eigenvalue weighted by Gasteiger charge is -2.31. The monoisotopic (exact) mass is 666 g/mol. The van der Waals surface area contributed by atoms with Crippen LogP contribution in [-0.2, 0) is 9.59 Å². The Hall–Kier alpha value is -3.79. The molecule has 3 aromatic carbocycles. The predicted molar refractivity (Wildman–Crippen MR) is 157 cm³/mol. The second kappa shape index (κ2) is 11.1. The molecule has 4 atom stereocenters. The Morgan fingerprint density at radius 2 is 1.45 bits per heavy atom. The van der Waals surface area contributed by atoms with E-state index >= 15 is 0 Å². The number of benzene rings is 3. The molecule has 42 heavy (non-hydrogen) atoms. The van der Waals surface area contributed by atoms with Crippen LogP contribution in [0.25, 0.3) is 0 Å². The highest BCUT2D eigenvalue weighted by molar-refractivity contribution is 9.10. The highest BCUT2D eigenvalue weighted by atomic mass is 79.9. The van der Waals surface area contributed by atoms with Crippen LogP contribution in [0.4, 0.5) is 0 Å². The summed E-state index contributed by atoms with van der Waals surface area (Å²) in [6.07, 6.45) is 4.60. The number of imide groups is 1. The average Bonchev–Trinajstić information content (AvgIpc) is 3.66. The van der Waals surface area contributed by atoms with Gasteiger partial charge in [0.25, 0.3) is 17.7 Å². The zero-order valence-electron chi connectivity index (χ0n) is 21.7. The molecular formula is C31H21BrCl2N2O6. The minimum absolute atomic E-state index is 0.0113. The van der Waals surface area contributed by atoms with Gasteiger partial charge in [-0.25, -0.2) is 9.80 Å². The second-order valence-electron chi connectivity index (χ2n) is 10.3. The third-order valence-electron chi connectivity index (χ3n) is 7.84. The van der Waals surface area contributed by atoms with Gasteiger partial charge in [0.15, 0.2) is 5.78 Å². The van der Waals surface area contributed by atoms with Gasteiger partial charge in [-0.15, -0.1) is 0 Å². The van der Waals surface area contributed by atoms with Gasteiger partial charge in [-0.3, -0.25) is 19.2 Å². The van der Waals surface area contributed by atoms with E-state index in [2.05, 4.69) is 15.9 Å². The lowest BCUT2D eigenvalue weighted by molar-refractivity contribution is -0.154. The number of allylic oxidation sites excluding steroid dienone is 2. The largest absolute Gasteiger partial charge is 0.423 e. The van der Waals surface area contributed by atoms with Crippen molar-refractivity contribution in [2.24, 2.45) is 23.7 Å². The van der Waals surface area contributed by atoms with E-state index in [4.69, 9.17) is 27.9 Å². The van der Waals surface area contributed by atoms with E-state index in [0.29, 0.717) is 10.6 Å². The molecule has 2 aliphatic carbocycles. The number of esters is 1. The van der Waals surface area contributed by atoms with E-state index in [9.17, 15) is 24.0 Å². The Bertz CT molecular complexity index is 1640. The SMILES string of the molecule is O=C(CN(C(=O)c1ccc(Cl)cc1Cl)N1C(=O)[C@@H]2[C@H](C1=O)[C@H]1C=C[C@H]2C1)c1ccc(OC(=O)c2ccc(Br)cc2)cc1. The number of nitrogens with zero attached hydrogens (tertiary/aromatic N) is 2. The lowest BCUT2D eigenvalue weighted by Crippen LogP contribution is -2.52. The number of halogens is 3. The number of rotatable bonds is 7. The van der Waals surface area contributed by atoms with E-state index < -0.39 is 47.9 Å². The molecule has 6 rings (SSSR count). The third-order valence-corrected chi connectivity index (χ3v) is 8.92. The average molecular weight is 668 g/mol. The van der Waals surface area contributed by atoms with Crippen LogP contribution in [-0.4, -0.2) is 46.0 Å². The Balaban J connectivity index is 1.25. The van der Waals surface area contributed by atoms with Gasteiger partial charge in [0.05, 0.1) is 28.0 Å². The first-order chi connectivity index (χ1) is 20.1. The quantitative estimate of drug-likeness (QED) is 0.100. The molecule has 3 aliphatic rings. The molecule has 1 saturated carbocycles. The highest BCUT2D eigenvalue weighted by Crippen LogP contribution is 2.52. The molecule has 0 spiro atoms. The summed E-state index contributed by atoms with van der Waals surface area (Å²) in [5.74, 6) is -4.02. The molecule has 2 fully saturated rings. The zero-order chi connectivity index (χ0) is 29.7. The fourth-order valence-electron chi connectivity index (χ4n) is 5.85. The van der Waals surface area contributed by atoms with Gasteiger partial charge in [0.2, 0.25) is 0 Å². The summed E-state index contributed by atoms with van der Waals surface area (Å²) in [4.78, 5) is 66.8. The van der Waals surface area contributed by atoms with E-state index in [-0.39, 0.29) is 33.7 Å². The molecule has 1 aliphatic heterocycles. The topological polar surface area (TPSA) is 101 Å². The molecule has 1 saturated heterocycles.